The first-order chi connectivity index (χ1) is 15.8. The predicted octanol–water partition coefficient (Wildman–Crippen LogP) is 3.29. The molecule has 2 fully saturated rings. The maximum absolute atomic E-state index is 13.2. The summed E-state index contributed by atoms with van der Waals surface area (Å²) in [4.78, 5) is 43.4. The second-order valence-electron chi connectivity index (χ2n) is 8.22. The van der Waals surface area contributed by atoms with Crippen molar-refractivity contribution in [1.82, 2.24) is 14.7 Å². The zero-order valence-corrected chi connectivity index (χ0v) is 17.9. The van der Waals surface area contributed by atoms with Gasteiger partial charge in [-0.15, -0.1) is 0 Å². The Bertz CT molecular complexity index is 1030. The molecule has 1 atom stereocenters. The molecule has 0 aliphatic carbocycles. The van der Waals surface area contributed by atoms with Crippen LogP contribution in [0.1, 0.15) is 39.1 Å². The lowest BCUT2D eigenvalue weighted by Gasteiger charge is -2.37. The van der Waals surface area contributed by atoms with E-state index in [1.54, 1.807) is 34.1 Å². The molecular formula is C24H24F3N3O3. The van der Waals surface area contributed by atoms with Gasteiger partial charge in [0, 0.05) is 43.9 Å². The third kappa shape index (κ3) is 4.86. The minimum atomic E-state index is -4.52. The van der Waals surface area contributed by atoms with Crippen LogP contribution in [0.5, 0.6) is 0 Å². The second kappa shape index (κ2) is 9.25. The SMILES string of the molecule is O=C(c1cccc(C(F)(F)F)c1)N1CCN(C(=O)C2CCCN2C(=O)c2ccccc2)CC1. The third-order valence-corrected chi connectivity index (χ3v) is 6.13. The molecule has 2 aliphatic heterocycles. The smallest absolute Gasteiger partial charge is 0.337 e. The molecule has 2 aromatic carbocycles. The highest BCUT2D eigenvalue weighted by atomic mass is 19.4. The number of nitrogens with zero attached hydrogens (tertiary/aromatic N) is 3. The van der Waals surface area contributed by atoms with Crippen molar-refractivity contribution in [3.63, 3.8) is 0 Å². The van der Waals surface area contributed by atoms with Crippen LogP contribution < -0.4 is 0 Å². The molecule has 2 heterocycles. The van der Waals surface area contributed by atoms with Gasteiger partial charge >= 0.3 is 6.18 Å². The summed E-state index contributed by atoms with van der Waals surface area (Å²) in [7, 11) is 0. The fourth-order valence-corrected chi connectivity index (χ4v) is 4.36. The largest absolute Gasteiger partial charge is 0.416 e. The number of amides is 3. The van der Waals surface area contributed by atoms with Gasteiger partial charge in [-0.1, -0.05) is 24.3 Å². The number of carbonyl (C=O) groups is 3. The number of rotatable bonds is 3. The van der Waals surface area contributed by atoms with Crippen LogP contribution in [0.2, 0.25) is 0 Å². The highest BCUT2D eigenvalue weighted by Gasteiger charge is 2.38. The van der Waals surface area contributed by atoms with Gasteiger partial charge in [0.2, 0.25) is 5.91 Å². The van der Waals surface area contributed by atoms with Gasteiger partial charge in [-0.3, -0.25) is 14.4 Å². The van der Waals surface area contributed by atoms with Crippen molar-refractivity contribution < 1.29 is 27.6 Å². The van der Waals surface area contributed by atoms with E-state index in [1.807, 2.05) is 6.07 Å². The summed E-state index contributed by atoms with van der Waals surface area (Å²) in [6, 6.07) is 12.6. The van der Waals surface area contributed by atoms with Crippen molar-refractivity contribution in [3.8, 4) is 0 Å². The van der Waals surface area contributed by atoms with Crippen LogP contribution in [-0.2, 0) is 11.0 Å². The first kappa shape index (κ1) is 22.8. The summed E-state index contributed by atoms with van der Waals surface area (Å²) in [6.45, 7) is 1.50. The minimum Gasteiger partial charge on any atom is -0.337 e. The average molecular weight is 459 g/mol. The summed E-state index contributed by atoms with van der Waals surface area (Å²) in [5.74, 6) is -0.817. The van der Waals surface area contributed by atoms with E-state index >= 15 is 0 Å². The molecule has 0 radical (unpaired) electrons. The monoisotopic (exact) mass is 459 g/mol. The molecule has 0 spiro atoms. The Labute approximate surface area is 189 Å². The molecule has 0 aromatic heterocycles. The van der Waals surface area contributed by atoms with Gasteiger partial charge in [0.15, 0.2) is 0 Å². The van der Waals surface area contributed by atoms with E-state index in [2.05, 4.69) is 0 Å². The van der Waals surface area contributed by atoms with Crippen LogP contribution in [0.3, 0.4) is 0 Å². The van der Waals surface area contributed by atoms with Crippen molar-refractivity contribution >= 4 is 17.7 Å². The van der Waals surface area contributed by atoms with Crippen LogP contribution in [0.25, 0.3) is 0 Å². The predicted molar refractivity (Wildman–Crippen MR) is 114 cm³/mol. The van der Waals surface area contributed by atoms with Gasteiger partial charge in [-0.05, 0) is 43.2 Å². The van der Waals surface area contributed by atoms with Crippen molar-refractivity contribution in [2.75, 3.05) is 32.7 Å². The first-order valence-electron chi connectivity index (χ1n) is 10.9. The fraction of sp³-hybridized carbons (Fsp3) is 0.375. The van der Waals surface area contributed by atoms with Crippen molar-refractivity contribution in [2.45, 2.75) is 25.1 Å². The summed E-state index contributed by atoms with van der Waals surface area (Å²) in [5.41, 5.74) is -0.361. The van der Waals surface area contributed by atoms with E-state index in [4.69, 9.17) is 0 Å². The van der Waals surface area contributed by atoms with Crippen LogP contribution in [-0.4, -0.2) is 71.2 Å². The quantitative estimate of drug-likeness (QED) is 0.708. The van der Waals surface area contributed by atoms with Crippen LogP contribution in [0.15, 0.2) is 54.6 Å². The molecule has 1 unspecified atom stereocenters. The number of hydrogen-bond acceptors (Lipinski definition) is 3. The van der Waals surface area contributed by atoms with E-state index in [0.717, 1.165) is 18.6 Å². The topological polar surface area (TPSA) is 60.9 Å². The summed E-state index contributed by atoms with van der Waals surface area (Å²) >= 11 is 0. The Morgan fingerprint density at radius 3 is 2.06 bits per heavy atom. The van der Waals surface area contributed by atoms with Gasteiger partial charge < -0.3 is 14.7 Å². The van der Waals surface area contributed by atoms with Crippen molar-refractivity contribution in [1.29, 1.82) is 0 Å². The fourth-order valence-electron chi connectivity index (χ4n) is 4.36. The molecule has 2 aromatic rings. The van der Waals surface area contributed by atoms with Gasteiger partial charge in [0.1, 0.15) is 6.04 Å². The van der Waals surface area contributed by atoms with Gasteiger partial charge in [-0.2, -0.15) is 13.2 Å². The standard InChI is InChI=1S/C24H24F3N3O3/c25-24(26,27)19-9-4-8-18(16-19)21(31)28-12-14-29(15-13-28)23(33)20-10-5-11-30(20)22(32)17-6-2-1-3-7-17/h1-4,6-9,16,20H,5,10-15H2. The van der Waals surface area contributed by atoms with E-state index in [0.29, 0.717) is 18.5 Å². The molecule has 6 nitrogen and oxygen atoms in total. The molecule has 2 saturated heterocycles. The molecule has 2 aliphatic rings. The number of carbonyl (C=O) groups excluding carboxylic acids is 3. The van der Waals surface area contributed by atoms with E-state index in [1.165, 1.54) is 17.0 Å². The van der Waals surface area contributed by atoms with Gasteiger partial charge in [0.05, 0.1) is 5.56 Å². The second-order valence-corrected chi connectivity index (χ2v) is 8.22. The molecule has 33 heavy (non-hydrogen) atoms. The lowest BCUT2D eigenvalue weighted by Crippen LogP contribution is -2.55. The van der Waals surface area contributed by atoms with E-state index < -0.39 is 23.7 Å². The highest BCUT2D eigenvalue weighted by Crippen LogP contribution is 2.30. The van der Waals surface area contributed by atoms with Gasteiger partial charge in [-0.25, -0.2) is 0 Å². The molecule has 0 N–H and O–H groups in total. The number of piperazine rings is 1. The summed E-state index contributed by atoms with van der Waals surface area (Å²) < 4.78 is 38.9. The number of hydrogen-bond donors (Lipinski definition) is 0. The molecule has 4 rings (SSSR count). The van der Waals surface area contributed by atoms with Crippen molar-refractivity contribution in [3.05, 3.63) is 71.3 Å². The number of alkyl halides is 3. The Morgan fingerprint density at radius 2 is 1.39 bits per heavy atom. The Hall–Kier alpha value is -3.36. The lowest BCUT2D eigenvalue weighted by molar-refractivity contribution is -0.138. The average Bonchev–Trinajstić information content (AvgIpc) is 3.33. The van der Waals surface area contributed by atoms with E-state index in [9.17, 15) is 27.6 Å². The lowest BCUT2D eigenvalue weighted by atomic mass is 10.1. The van der Waals surface area contributed by atoms with E-state index in [-0.39, 0.29) is 43.6 Å². The molecule has 0 bridgehead atoms. The van der Waals surface area contributed by atoms with Crippen LogP contribution in [0.4, 0.5) is 13.2 Å². The molecular weight excluding hydrogens is 435 g/mol. The molecule has 0 saturated carbocycles. The van der Waals surface area contributed by atoms with Crippen LogP contribution >= 0.6 is 0 Å². The number of benzene rings is 2. The molecule has 3 amide bonds. The number of likely N-dealkylation sites (tertiary alicyclic amines) is 1. The highest BCUT2D eigenvalue weighted by molar-refractivity contribution is 5.98. The minimum absolute atomic E-state index is 0.0278. The normalized spacial score (nSPS) is 19.0. The third-order valence-electron chi connectivity index (χ3n) is 6.13. The zero-order valence-electron chi connectivity index (χ0n) is 17.9. The summed E-state index contributed by atoms with van der Waals surface area (Å²) in [5, 5.41) is 0. The maximum atomic E-state index is 13.2. The number of halogens is 3. The first-order valence-corrected chi connectivity index (χ1v) is 10.9. The zero-order chi connectivity index (χ0) is 23.6. The van der Waals surface area contributed by atoms with Gasteiger partial charge in [0.25, 0.3) is 11.8 Å². The molecule has 174 valence electrons. The van der Waals surface area contributed by atoms with Crippen molar-refractivity contribution in [2.24, 2.45) is 0 Å². The Balaban J connectivity index is 1.38. The summed E-state index contributed by atoms with van der Waals surface area (Å²) in [6.07, 6.45) is -3.20. The Kier molecular flexibility index (Phi) is 6.40. The van der Waals surface area contributed by atoms with Crippen LogP contribution in [0, 0.1) is 0 Å². The Morgan fingerprint density at radius 1 is 0.758 bits per heavy atom. The maximum Gasteiger partial charge on any atom is 0.416 e. The molecule has 9 heteroatoms.